The van der Waals surface area contributed by atoms with E-state index in [2.05, 4.69) is 10.5 Å². The van der Waals surface area contributed by atoms with Crippen molar-refractivity contribution in [3.8, 4) is 0 Å². The van der Waals surface area contributed by atoms with E-state index in [1.165, 1.54) is 0 Å². The number of amides is 1. The zero-order valence-corrected chi connectivity index (χ0v) is 11.2. The maximum atomic E-state index is 11.7. The highest BCUT2D eigenvalue weighted by atomic mass is 35.5. The van der Waals surface area contributed by atoms with Crippen molar-refractivity contribution < 1.29 is 9.63 Å². The molecule has 0 radical (unpaired) electrons. The van der Waals surface area contributed by atoms with Gasteiger partial charge >= 0.3 is 0 Å². The molecule has 6 heteroatoms. The molecule has 0 atom stereocenters. The molecule has 18 heavy (non-hydrogen) atoms. The molecule has 0 saturated carbocycles. The molecule has 1 aromatic heterocycles. The summed E-state index contributed by atoms with van der Waals surface area (Å²) in [4.78, 5) is 21.0. The van der Waals surface area contributed by atoms with Crippen LogP contribution in [-0.4, -0.2) is 10.9 Å². The van der Waals surface area contributed by atoms with Gasteiger partial charge in [0.15, 0.2) is 0 Å². The Kier molecular flexibility index (Phi) is 4.30. The molecule has 0 unspecified atom stereocenters. The molecule has 0 aliphatic heterocycles. The van der Waals surface area contributed by atoms with Gasteiger partial charge in [-0.2, -0.15) is 0 Å². The second kappa shape index (κ2) is 5.95. The molecule has 0 aliphatic carbocycles. The van der Waals surface area contributed by atoms with Gasteiger partial charge in [-0.3, -0.25) is 9.63 Å². The molecule has 0 fully saturated rings. The number of nitrogens with one attached hydrogen (secondary N) is 1. The zero-order valence-electron chi connectivity index (χ0n) is 9.64. The smallest absolute Gasteiger partial charge is 0.267 e. The largest absolute Gasteiger partial charge is 0.274 e. The van der Waals surface area contributed by atoms with Crippen molar-refractivity contribution in [3.63, 3.8) is 0 Å². The summed E-state index contributed by atoms with van der Waals surface area (Å²) in [5.74, 6) is -0.307. The molecule has 1 aromatic carbocycles. The first-order valence-electron chi connectivity index (χ1n) is 5.24. The molecule has 1 heterocycles. The van der Waals surface area contributed by atoms with E-state index in [1.807, 2.05) is 12.3 Å². The maximum Gasteiger partial charge on any atom is 0.274 e. The summed E-state index contributed by atoms with van der Waals surface area (Å²) in [7, 11) is 0. The van der Waals surface area contributed by atoms with E-state index in [1.54, 1.807) is 35.6 Å². The van der Waals surface area contributed by atoms with E-state index in [-0.39, 0.29) is 12.5 Å². The van der Waals surface area contributed by atoms with Crippen molar-refractivity contribution in [2.75, 3.05) is 0 Å². The summed E-state index contributed by atoms with van der Waals surface area (Å²) in [5.41, 5.74) is 3.65. The molecule has 0 saturated heterocycles. The van der Waals surface area contributed by atoms with E-state index in [9.17, 15) is 4.79 Å². The minimum absolute atomic E-state index is 0.254. The summed E-state index contributed by atoms with van der Waals surface area (Å²) >= 11 is 7.28. The van der Waals surface area contributed by atoms with Crippen LogP contribution in [0.25, 0.3) is 0 Å². The quantitative estimate of drug-likeness (QED) is 0.877. The zero-order chi connectivity index (χ0) is 13.0. The van der Waals surface area contributed by atoms with E-state index < -0.39 is 0 Å². The Labute approximate surface area is 114 Å². The summed E-state index contributed by atoms with van der Waals surface area (Å²) in [6.45, 7) is 2.17. The molecule has 94 valence electrons. The van der Waals surface area contributed by atoms with Gasteiger partial charge < -0.3 is 0 Å². The highest BCUT2D eigenvalue weighted by Gasteiger charge is 2.05. The highest BCUT2D eigenvalue weighted by Crippen LogP contribution is 2.10. The average molecular weight is 283 g/mol. The lowest BCUT2D eigenvalue weighted by Crippen LogP contribution is -2.23. The topological polar surface area (TPSA) is 51.2 Å². The molecule has 0 aliphatic rings. The molecule has 0 bridgehead atoms. The molecule has 2 aromatic rings. The standard InChI is InChI=1S/C12H11ClN2O2S/c1-8-14-11(7-18-8)6-17-15-12(16)9-2-4-10(13)5-3-9/h2-5,7H,6H2,1H3,(H,15,16). The number of thiazole rings is 1. The van der Waals surface area contributed by atoms with Gasteiger partial charge in [0.25, 0.3) is 5.91 Å². The van der Waals surface area contributed by atoms with Crippen LogP contribution in [0.2, 0.25) is 5.02 Å². The van der Waals surface area contributed by atoms with Crippen molar-refractivity contribution in [2.24, 2.45) is 0 Å². The normalized spacial score (nSPS) is 10.3. The van der Waals surface area contributed by atoms with Gasteiger partial charge in [-0.15, -0.1) is 11.3 Å². The Balaban J connectivity index is 1.83. The second-order valence-electron chi connectivity index (χ2n) is 3.58. The predicted molar refractivity (Wildman–Crippen MR) is 70.6 cm³/mol. The Morgan fingerprint density at radius 2 is 2.17 bits per heavy atom. The number of carbonyl (C=O) groups is 1. The SMILES string of the molecule is Cc1nc(CONC(=O)c2ccc(Cl)cc2)cs1. The third-order valence-electron chi connectivity index (χ3n) is 2.16. The minimum atomic E-state index is -0.307. The first kappa shape index (κ1) is 13.0. The van der Waals surface area contributed by atoms with Crippen molar-refractivity contribution in [2.45, 2.75) is 13.5 Å². The number of hydroxylamine groups is 1. The molecular formula is C12H11ClN2O2S. The number of carbonyl (C=O) groups excluding carboxylic acids is 1. The van der Waals surface area contributed by atoms with Gasteiger partial charge in [0.2, 0.25) is 0 Å². The number of hydrogen-bond donors (Lipinski definition) is 1. The summed E-state index contributed by atoms with van der Waals surface area (Å²) in [6, 6.07) is 6.57. The number of aromatic nitrogens is 1. The van der Waals surface area contributed by atoms with Crippen LogP contribution in [-0.2, 0) is 11.4 Å². The molecule has 4 nitrogen and oxygen atoms in total. The Hall–Kier alpha value is -1.43. The first-order valence-corrected chi connectivity index (χ1v) is 6.49. The second-order valence-corrected chi connectivity index (χ2v) is 5.08. The van der Waals surface area contributed by atoms with Crippen molar-refractivity contribution >= 4 is 28.8 Å². The van der Waals surface area contributed by atoms with Crippen LogP contribution in [0.1, 0.15) is 21.1 Å². The Morgan fingerprint density at radius 1 is 1.44 bits per heavy atom. The van der Waals surface area contributed by atoms with Crippen LogP contribution in [0.4, 0.5) is 0 Å². The van der Waals surface area contributed by atoms with Crippen molar-refractivity contribution in [3.05, 3.63) is 50.9 Å². The number of rotatable bonds is 4. The summed E-state index contributed by atoms with van der Waals surface area (Å²) in [5, 5.41) is 3.45. The van der Waals surface area contributed by atoms with Crippen molar-refractivity contribution in [1.29, 1.82) is 0 Å². The van der Waals surface area contributed by atoms with Gasteiger partial charge in [0.05, 0.1) is 10.7 Å². The van der Waals surface area contributed by atoms with Crippen LogP contribution in [0.5, 0.6) is 0 Å². The van der Waals surface area contributed by atoms with Gasteiger partial charge in [0, 0.05) is 16.0 Å². The van der Waals surface area contributed by atoms with Crippen molar-refractivity contribution in [1.82, 2.24) is 10.5 Å². The number of aryl methyl sites for hydroxylation is 1. The van der Waals surface area contributed by atoms with E-state index in [4.69, 9.17) is 16.4 Å². The lowest BCUT2D eigenvalue weighted by atomic mass is 10.2. The number of benzene rings is 1. The minimum Gasteiger partial charge on any atom is -0.267 e. The average Bonchev–Trinajstić information content (AvgIpc) is 2.76. The highest BCUT2D eigenvalue weighted by molar-refractivity contribution is 7.09. The van der Waals surface area contributed by atoms with Crippen LogP contribution >= 0.6 is 22.9 Å². The van der Waals surface area contributed by atoms with Crippen LogP contribution in [0, 0.1) is 6.92 Å². The van der Waals surface area contributed by atoms with Gasteiger partial charge in [-0.05, 0) is 31.2 Å². The fraction of sp³-hybridized carbons (Fsp3) is 0.167. The van der Waals surface area contributed by atoms with Crippen LogP contribution in [0.3, 0.4) is 0 Å². The van der Waals surface area contributed by atoms with E-state index in [0.717, 1.165) is 10.7 Å². The molecule has 1 N–H and O–H groups in total. The Morgan fingerprint density at radius 3 is 2.78 bits per heavy atom. The summed E-state index contributed by atoms with van der Waals surface area (Å²) in [6.07, 6.45) is 0. The fourth-order valence-corrected chi connectivity index (χ4v) is 2.03. The van der Waals surface area contributed by atoms with Crippen LogP contribution < -0.4 is 5.48 Å². The lowest BCUT2D eigenvalue weighted by Gasteiger charge is -2.04. The van der Waals surface area contributed by atoms with E-state index >= 15 is 0 Å². The molecular weight excluding hydrogens is 272 g/mol. The summed E-state index contributed by atoms with van der Waals surface area (Å²) < 4.78 is 0. The van der Waals surface area contributed by atoms with Gasteiger partial charge in [0.1, 0.15) is 6.61 Å². The Bertz CT molecular complexity index is 539. The molecule has 0 spiro atoms. The number of hydrogen-bond acceptors (Lipinski definition) is 4. The van der Waals surface area contributed by atoms with E-state index in [0.29, 0.717) is 10.6 Å². The molecule has 2 rings (SSSR count). The number of nitrogens with zero attached hydrogens (tertiary/aromatic N) is 1. The maximum absolute atomic E-state index is 11.7. The monoisotopic (exact) mass is 282 g/mol. The third kappa shape index (κ3) is 3.53. The predicted octanol–water partition coefficient (Wildman–Crippen LogP) is 2.97. The van der Waals surface area contributed by atoms with Gasteiger partial charge in [-0.25, -0.2) is 10.5 Å². The van der Waals surface area contributed by atoms with Crippen LogP contribution in [0.15, 0.2) is 29.6 Å². The molecule has 1 amide bonds. The fourth-order valence-electron chi connectivity index (χ4n) is 1.31. The first-order chi connectivity index (χ1) is 8.65. The number of halogens is 1. The van der Waals surface area contributed by atoms with Gasteiger partial charge in [-0.1, -0.05) is 11.6 Å². The lowest BCUT2D eigenvalue weighted by molar-refractivity contribution is 0.0223. The third-order valence-corrected chi connectivity index (χ3v) is 3.23.